The highest BCUT2D eigenvalue weighted by Crippen LogP contribution is 2.26. The van der Waals surface area contributed by atoms with Gasteiger partial charge in [0.05, 0.1) is 10.7 Å². The van der Waals surface area contributed by atoms with Crippen LogP contribution in [-0.2, 0) is 11.2 Å². The highest BCUT2D eigenvalue weighted by Gasteiger charge is 2.09. The van der Waals surface area contributed by atoms with Crippen molar-refractivity contribution in [3.8, 4) is 0 Å². The smallest absolute Gasteiger partial charge is 0.224 e. The van der Waals surface area contributed by atoms with Gasteiger partial charge in [-0.15, -0.1) is 0 Å². The van der Waals surface area contributed by atoms with Crippen LogP contribution >= 0.6 is 23.2 Å². The van der Waals surface area contributed by atoms with Crippen molar-refractivity contribution in [2.75, 3.05) is 5.32 Å². The standard InChI is InChI=1S/C17H14Cl2N2O/c18-12-6-7-14(19)16(9-12)21-17(22)8-5-11-10-20-15-4-2-1-3-13(11)15/h1-4,6-7,9-10,20H,5,8H2,(H,21,22). The zero-order valence-electron chi connectivity index (χ0n) is 11.7. The molecule has 3 nitrogen and oxygen atoms in total. The van der Waals surface area contributed by atoms with Crippen LogP contribution in [0.4, 0.5) is 5.69 Å². The molecule has 0 saturated carbocycles. The molecule has 1 amide bonds. The van der Waals surface area contributed by atoms with Crippen LogP contribution in [0.2, 0.25) is 10.0 Å². The zero-order valence-corrected chi connectivity index (χ0v) is 13.2. The number of hydrogen-bond donors (Lipinski definition) is 2. The van der Waals surface area contributed by atoms with E-state index in [1.807, 2.05) is 30.5 Å². The zero-order chi connectivity index (χ0) is 15.5. The molecule has 3 rings (SSSR count). The van der Waals surface area contributed by atoms with Crippen molar-refractivity contribution in [3.05, 3.63) is 64.3 Å². The molecule has 2 N–H and O–H groups in total. The Labute approximate surface area is 138 Å². The van der Waals surface area contributed by atoms with E-state index in [9.17, 15) is 4.79 Å². The van der Waals surface area contributed by atoms with Gasteiger partial charge in [0.1, 0.15) is 0 Å². The van der Waals surface area contributed by atoms with Crippen molar-refractivity contribution in [1.29, 1.82) is 0 Å². The molecule has 1 aromatic heterocycles. The lowest BCUT2D eigenvalue weighted by molar-refractivity contribution is -0.116. The summed E-state index contributed by atoms with van der Waals surface area (Å²) in [7, 11) is 0. The van der Waals surface area contributed by atoms with Crippen LogP contribution in [0.25, 0.3) is 10.9 Å². The number of carbonyl (C=O) groups is 1. The van der Waals surface area contributed by atoms with E-state index in [0.29, 0.717) is 28.6 Å². The lowest BCUT2D eigenvalue weighted by Gasteiger charge is -2.07. The van der Waals surface area contributed by atoms with Crippen molar-refractivity contribution in [2.45, 2.75) is 12.8 Å². The van der Waals surface area contributed by atoms with Crippen molar-refractivity contribution < 1.29 is 4.79 Å². The molecule has 0 radical (unpaired) electrons. The Hall–Kier alpha value is -1.97. The number of fused-ring (bicyclic) bond motifs is 1. The number of hydrogen-bond acceptors (Lipinski definition) is 1. The maximum atomic E-state index is 12.1. The minimum Gasteiger partial charge on any atom is -0.361 e. The molecule has 0 aliphatic rings. The Kier molecular flexibility index (Phi) is 4.36. The third-order valence-electron chi connectivity index (χ3n) is 3.50. The van der Waals surface area contributed by atoms with Crippen LogP contribution in [0.15, 0.2) is 48.7 Å². The molecule has 2 aromatic carbocycles. The van der Waals surface area contributed by atoms with Crippen LogP contribution in [0.3, 0.4) is 0 Å². The minimum atomic E-state index is -0.0885. The molecule has 0 fully saturated rings. The van der Waals surface area contributed by atoms with Crippen molar-refractivity contribution in [3.63, 3.8) is 0 Å². The van der Waals surface area contributed by atoms with Crippen LogP contribution in [0.1, 0.15) is 12.0 Å². The summed E-state index contributed by atoms with van der Waals surface area (Å²) < 4.78 is 0. The van der Waals surface area contributed by atoms with Crippen molar-refractivity contribution in [2.24, 2.45) is 0 Å². The molecule has 22 heavy (non-hydrogen) atoms. The number of nitrogens with one attached hydrogen (secondary N) is 2. The number of rotatable bonds is 4. The van der Waals surface area contributed by atoms with E-state index in [4.69, 9.17) is 23.2 Å². The molecule has 112 valence electrons. The average Bonchev–Trinajstić information content (AvgIpc) is 2.92. The minimum absolute atomic E-state index is 0.0885. The maximum absolute atomic E-state index is 12.1. The second-order valence-corrected chi connectivity index (χ2v) is 5.88. The first-order valence-corrected chi connectivity index (χ1v) is 7.69. The van der Waals surface area contributed by atoms with Crippen molar-refractivity contribution >= 4 is 45.7 Å². The third-order valence-corrected chi connectivity index (χ3v) is 4.06. The van der Waals surface area contributed by atoms with Crippen LogP contribution in [0, 0.1) is 0 Å². The molecule has 3 aromatic rings. The van der Waals surface area contributed by atoms with Gasteiger partial charge in [-0.2, -0.15) is 0 Å². The fourth-order valence-corrected chi connectivity index (χ4v) is 2.73. The van der Waals surface area contributed by atoms with Gasteiger partial charge < -0.3 is 10.3 Å². The van der Waals surface area contributed by atoms with Gasteiger partial charge in [0.25, 0.3) is 0 Å². The average molecular weight is 333 g/mol. The summed E-state index contributed by atoms with van der Waals surface area (Å²) in [6.45, 7) is 0. The van der Waals surface area contributed by atoms with E-state index in [1.54, 1.807) is 18.2 Å². The summed E-state index contributed by atoms with van der Waals surface area (Å²) >= 11 is 11.9. The predicted molar refractivity (Wildman–Crippen MR) is 91.7 cm³/mol. The lowest BCUT2D eigenvalue weighted by atomic mass is 10.1. The predicted octanol–water partition coefficient (Wildman–Crippen LogP) is 5.05. The summed E-state index contributed by atoms with van der Waals surface area (Å²) in [5.74, 6) is -0.0885. The van der Waals surface area contributed by atoms with E-state index in [-0.39, 0.29) is 5.91 Å². The second-order valence-electron chi connectivity index (χ2n) is 5.03. The number of para-hydroxylation sites is 1. The van der Waals surface area contributed by atoms with Crippen LogP contribution in [0.5, 0.6) is 0 Å². The first-order valence-electron chi connectivity index (χ1n) is 6.93. The molecular weight excluding hydrogens is 319 g/mol. The molecule has 1 heterocycles. The normalized spacial score (nSPS) is 10.8. The van der Waals surface area contributed by atoms with Gasteiger partial charge in [-0.25, -0.2) is 0 Å². The number of amides is 1. The maximum Gasteiger partial charge on any atom is 0.224 e. The molecule has 0 spiro atoms. The van der Waals surface area contributed by atoms with Gasteiger partial charge >= 0.3 is 0 Å². The van der Waals surface area contributed by atoms with E-state index in [0.717, 1.165) is 16.5 Å². The van der Waals surface area contributed by atoms with E-state index in [2.05, 4.69) is 10.3 Å². The number of halogens is 2. The summed E-state index contributed by atoms with van der Waals surface area (Å²) in [5.41, 5.74) is 2.75. The Bertz CT molecular complexity index is 826. The molecule has 0 unspecified atom stereocenters. The molecule has 0 atom stereocenters. The fraction of sp³-hybridized carbons (Fsp3) is 0.118. The first kappa shape index (κ1) is 14.9. The first-order chi connectivity index (χ1) is 10.6. The lowest BCUT2D eigenvalue weighted by Crippen LogP contribution is -2.12. The van der Waals surface area contributed by atoms with Crippen LogP contribution < -0.4 is 5.32 Å². The Morgan fingerprint density at radius 2 is 1.95 bits per heavy atom. The monoisotopic (exact) mass is 332 g/mol. The molecule has 5 heteroatoms. The van der Waals surface area contributed by atoms with Gasteiger partial charge in [0.15, 0.2) is 0 Å². The summed E-state index contributed by atoms with van der Waals surface area (Å²) in [6.07, 6.45) is 2.99. The summed E-state index contributed by atoms with van der Waals surface area (Å²) in [4.78, 5) is 15.3. The molecule has 0 aliphatic heterocycles. The SMILES string of the molecule is O=C(CCc1c[nH]c2ccccc12)Nc1cc(Cl)ccc1Cl. The van der Waals surface area contributed by atoms with Gasteiger partial charge in [-0.3, -0.25) is 4.79 Å². The molecular formula is C17H14Cl2N2O. The Morgan fingerprint density at radius 1 is 1.14 bits per heavy atom. The van der Waals surface area contributed by atoms with Gasteiger partial charge in [0, 0.05) is 28.5 Å². The second kappa shape index (κ2) is 6.42. The number of carbonyl (C=O) groups excluding carboxylic acids is 1. The number of aromatic nitrogens is 1. The quantitative estimate of drug-likeness (QED) is 0.690. The van der Waals surface area contributed by atoms with E-state index in [1.165, 1.54) is 0 Å². The van der Waals surface area contributed by atoms with Gasteiger partial charge in [0.2, 0.25) is 5.91 Å². The number of aromatic amines is 1. The third kappa shape index (κ3) is 3.26. The highest BCUT2D eigenvalue weighted by atomic mass is 35.5. The molecule has 0 aliphatic carbocycles. The highest BCUT2D eigenvalue weighted by molar-refractivity contribution is 6.35. The summed E-state index contributed by atoms with van der Waals surface area (Å²) in [5, 5.41) is 4.96. The number of H-pyrrole nitrogens is 1. The van der Waals surface area contributed by atoms with Gasteiger partial charge in [-0.1, -0.05) is 41.4 Å². The van der Waals surface area contributed by atoms with Crippen molar-refractivity contribution in [1.82, 2.24) is 4.98 Å². The Morgan fingerprint density at radius 3 is 2.82 bits per heavy atom. The van der Waals surface area contributed by atoms with E-state index >= 15 is 0 Å². The largest absolute Gasteiger partial charge is 0.361 e. The van der Waals surface area contributed by atoms with E-state index < -0.39 is 0 Å². The van der Waals surface area contributed by atoms with Crippen LogP contribution in [-0.4, -0.2) is 10.9 Å². The van der Waals surface area contributed by atoms with Gasteiger partial charge in [-0.05, 0) is 36.2 Å². The fourth-order valence-electron chi connectivity index (χ4n) is 2.39. The topological polar surface area (TPSA) is 44.9 Å². The number of anilines is 1. The number of aryl methyl sites for hydroxylation is 1. The molecule has 0 bridgehead atoms. The number of benzene rings is 2. The Balaban J connectivity index is 1.66. The summed E-state index contributed by atoms with van der Waals surface area (Å²) in [6, 6.07) is 13.0. The molecule has 0 saturated heterocycles.